The third-order valence-electron chi connectivity index (χ3n) is 3.41. The van der Waals surface area contributed by atoms with Crippen LogP contribution < -0.4 is 5.32 Å². The second-order valence-corrected chi connectivity index (χ2v) is 5.65. The Bertz CT molecular complexity index is 662. The second kappa shape index (κ2) is 5.93. The number of carbonyl (C=O) groups excluding carboxylic acids is 1. The average molecular weight is 287 g/mol. The van der Waals surface area contributed by atoms with Crippen LogP contribution in [0.2, 0.25) is 0 Å². The van der Waals surface area contributed by atoms with Gasteiger partial charge in [0, 0.05) is 17.0 Å². The van der Waals surface area contributed by atoms with Crippen LogP contribution in [0.4, 0.5) is 5.82 Å². The lowest BCUT2D eigenvalue weighted by Crippen LogP contribution is -2.15. The van der Waals surface area contributed by atoms with Gasteiger partial charge in [0.05, 0.1) is 12.1 Å². The molecule has 0 unspecified atom stereocenters. The number of thiophene rings is 1. The van der Waals surface area contributed by atoms with E-state index in [1.54, 1.807) is 18.3 Å². The third kappa shape index (κ3) is 2.61. The minimum atomic E-state index is -0.0774. The van der Waals surface area contributed by atoms with Gasteiger partial charge in [-0.25, -0.2) is 0 Å². The first-order chi connectivity index (χ1) is 9.58. The molecule has 0 atom stereocenters. The van der Waals surface area contributed by atoms with E-state index in [4.69, 9.17) is 0 Å². The number of nitrogens with one attached hydrogen (secondary N) is 1. The fourth-order valence-corrected chi connectivity index (χ4v) is 2.80. The van der Waals surface area contributed by atoms with Crippen molar-refractivity contribution < 1.29 is 4.79 Å². The fourth-order valence-electron chi connectivity index (χ4n) is 2.11. The fraction of sp³-hybridized carbons (Fsp3) is 0.333. The molecule has 2 aromatic heterocycles. The predicted octanol–water partition coefficient (Wildman–Crippen LogP) is 3.43. The molecule has 1 amide bonds. The van der Waals surface area contributed by atoms with Crippen LogP contribution in [-0.4, -0.2) is 10.5 Å². The highest BCUT2D eigenvalue weighted by atomic mass is 32.1. The van der Waals surface area contributed by atoms with E-state index in [0.29, 0.717) is 24.3 Å². The van der Waals surface area contributed by atoms with Gasteiger partial charge in [0.1, 0.15) is 11.9 Å². The van der Waals surface area contributed by atoms with Crippen LogP contribution in [0.25, 0.3) is 0 Å². The summed E-state index contributed by atoms with van der Waals surface area (Å²) in [6.07, 6.45) is 0.396. The van der Waals surface area contributed by atoms with Crippen molar-refractivity contribution in [1.82, 2.24) is 4.57 Å². The van der Waals surface area contributed by atoms with E-state index >= 15 is 0 Å². The minimum Gasteiger partial charge on any atom is -0.325 e. The molecule has 0 saturated carbocycles. The molecule has 1 N–H and O–H groups in total. The molecule has 4 nitrogen and oxygen atoms in total. The average Bonchev–Trinajstić information content (AvgIpc) is 3.02. The zero-order valence-electron chi connectivity index (χ0n) is 11.9. The molecule has 0 saturated heterocycles. The summed E-state index contributed by atoms with van der Waals surface area (Å²) in [4.78, 5) is 12.9. The van der Waals surface area contributed by atoms with Gasteiger partial charge in [0.15, 0.2) is 0 Å². The Hall–Kier alpha value is -2.06. The van der Waals surface area contributed by atoms with E-state index in [1.165, 1.54) is 4.88 Å². The van der Waals surface area contributed by atoms with Gasteiger partial charge in [-0.05, 0) is 30.9 Å². The monoisotopic (exact) mass is 287 g/mol. The molecule has 2 heterocycles. The summed E-state index contributed by atoms with van der Waals surface area (Å²) in [5, 5.41) is 14.2. The molecule has 0 bridgehead atoms. The van der Waals surface area contributed by atoms with E-state index in [0.717, 1.165) is 11.3 Å². The molecule has 104 valence electrons. The van der Waals surface area contributed by atoms with Gasteiger partial charge in [0.2, 0.25) is 5.91 Å². The Morgan fingerprint density at radius 1 is 1.50 bits per heavy atom. The summed E-state index contributed by atoms with van der Waals surface area (Å²) in [7, 11) is 0. The topological polar surface area (TPSA) is 57.8 Å². The number of anilines is 1. The standard InChI is InChI=1S/C15H17N3OS/c1-4-14(19)17-15-13(8-16)10(2)11(3)18(15)9-12-6-5-7-20-12/h5-7H,4,9H2,1-3H3,(H,17,19). The van der Waals surface area contributed by atoms with Gasteiger partial charge in [-0.1, -0.05) is 13.0 Å². The van der Waals surface area contributed by atoms with Crippen LogP contribution >= 0.6 is 11.3 Å². The second-order valence-electron chi connectivity index (χ2n) is 4.61. The van der Waals surface area contributed by atoms with E-state index < -0.39 is 0 Å². The van der Waals surface area contributed by atoms with Gasteiger partial charge in [-0.2, -0.15) is 5.26 Å². The maximum absolute atomic E-state index is 11.7. The highest BCUT2D eigenvalue weighted by molar-refractivity contribution is 7.09. The number of carbonyl (C=O) groups is 1. The van der Waals surface area contributed by atoms with Gasteiger partial charge in [-0.3, -0.25) is 4.79 Å². The quantitative estimate of drug-likeness (QED) is 0.936. The molecule has 0 spiro atoms. The molecule has 0 aromatic carbocycles. The van der Waals surface area contributed by atoms with Crippen LogP contribution in [0.1, 0.15) is 35.0 Å². The summed E-state index contributed by atoms with van der Waals surface area (Å²) in [5.74, 6) is 0.536. The molecule has 20 heavy (non-hydrogen) atoms. The smallest absolute Gasteiger partial charge is 0.225 e. The van der Waals surface area contributed by atoms with Crippen molar-refractivity contribution in [2.75, 3.05) is 5.32 Å². The first-order valence-corrected chi connectivity index (χ1v) is 7.38. The number of hydrogen-bond acceptors (Lipinski definition) is 3. The Kier molecular flexibility index (Phi) is 4.26. The Labute approximate surface area is 122 Å². The minimum absolute atomic E-state index is 0.0774. The summed E-state index contributed by atoms with van der Waals surface area (Å²) in [6, 6.07) is 6.26. The number of nitriles is 1. The van der Waals surface area contributed by atoms with Gasteiger partial charge < -0.3 is 9.88 Å². The van der Waals surface area contributed by atoms with Gasteiger partial charge in [-0.15, -0.1) is 11.3 Å². The summed E-state index contributed by atoms with van der Waals surface area (Å²) in [6.45, 7) is 6.37. The van der Waals surface area contributed by atoms with Crippen molar-refractivity contribution in [3.8, 4) is 6.07 Å². The maximum atomic E-state index is 11.7. The van der Waals surface area contributed by atoms with E-state index in [9.17, 15) is 10.1 Å². The third-order valence-corrected chi connectivity index (χ3v) is 4.28. The van der Waals surface area contributed by atoms with Gasteiger partial charge in [0.25, 0.3) is 0 Å². The molecular weight excluding hydrogens is 270 g/mol. The Balaban J connectivity index is 2.48. The summed E-state index contributed by atoms with van der Waals surface area (Å²) < 4.78 is 2.01. The highest BCUT2D eigenvalue weighted by Gasteiger charge is 2.19. The lowest BCUT2D eigenvalue weighted by atomic mass is 10.2. The van der Waals surface area contributed by atoms with E-state index in [2.05, 4.69) is 17.5 Å². The molecule has 2 rings (SSSR count). The summed E-state index contributed by atoms with van der Waals surface area (Å²) >= 11 is 1.67. The largest absolute Gasteiger partial charge is 0.325 e. The summed E-state index contributed by atoms with van der Waals surface area (Å²) in [5.41, 5.74) is 2.50. The zero-order valence-corrected chi connectivity index (χ0v) is 12.7. The molecule has 0 radical (unpaired) electrons. The van der Waals surface area contributed by atoms with Crippen LogP contribution in [0.5, 0.6) is 0 Å². The number of amides is 1. The SMILES string of the molecule is CCC(=O)Nc1c(C#N)c(C)c(C)n1Cc1cccs1. The van der Waals surface area contributed by atoms with Crippen molar-refractivity contribution >= 4 is 23.1 Å². The lowest BCUT2D eigenvalue weighted by Gasteiger charge is -2.11. The van der Waals surface area contributed by atoms with Crippen molar-refractivity contribution in [3.63, 3.8) is 0 Å². The Morgan fingerprint density at radius 2 is 2.25 bits per heavy atom. The molecule has 5 heteroatoms. The van der Waals surface area contributed by atoms with Crippen LogP contribution in [-0.2, 0) is 11.3 Å². The number of nitrogens with zero attached hydrogens (tertiary/aromatic N) is 2. The lowest BCUT2D eigenvalue weighted by molar-refractivity contribution is -0.115. The van der Waals surface area contributed by atoms with Crippen molar-refractivity contribution in [3.05, 3.63) is 39.2 Å². The number of aromatic nitrogens is 1. The molecule has 2 aromatic rings. The highest BCUT2D eigenvalue weighted by Crippen LogP contribution is 2.28. The Morgan fingerprint density at radius 3 is 2.80 bits per heavy atom. The predicted molar refractivity (Wildman–Crippen MR) is 81.0 cm³/mol. The first-order valence-electron chi connectivity index (χ1n) is 6.50. The maximum Gasteiger partial charge on any atom is 0.225 e. The molecule has 0 aliphatic carbocycles. The first kappa shape index (κ1) is 14.4. The van der Waals surface area contributed by atoms with E-state index in [-0.39, 0.29) is 5.91 Å². The van der Waals surface area contributed by atoms with Crippen LogP contribution in [0.3, 0.4) is 0 Å². The molecule has 0 aliphatic rings. The van der Waals surface area contributed by atoms with Crippen LogP contribution in [0, 0.1) is 25.2 Å². The van der Waals surface area contributed by atoms with Crippen LogP contribution in [0.15, 0.2) is 17.5 Å². The normalized spacial score (nSPS) is 10.3. The molecule has 0 aliphatic heterocycles. The van der Waals surface area contributed by atoms with E-state index in [1.807, 2.05) is 29.9 Å². The molecule has 0 fully saturated rings. The molecular formula is C15H17N3OS. The van der Waals surface area contributed by atoms with Gasteiger partial charge >= 0.3 is 0 Å². The number of hydrogen-bond donors (Lipinski definition) is 1. The van der Waals surface area contributed by atoms with Crippen molar-refractivity contribution in [1.29, 1.82) is 5.26 Å². The zero-order chi connectivity index (χ0) is 14.7. The van der Waals surface area contributed by atoms with Crippen molar-refractivity contribution in [2.24, 2.45) is 0 Å². The van der Waals surface area contributed by atoms with Crippen molar-refractivity contribution in [2.45, 2.75) is 33.7 Å². The number of rotatable bonds is 4.